The van der Waals surface area contributed by atoms with Crippen LogP contribution in [0, 0.1) is 0 Å². The number of amides is 1. The monoisotopic (exact) mass is 655 g/mol. The summed E-state index contributed by atoms with van der Waals surface area (Å²) < 4.78 is 23.3. The molecule has 0 saturated heterocycles. The van der Waals surface area contributed by atoms with Crippen LogP contribution in [-0.2, 0) is 18.4 Å². The fourth-order valence-electron chi connectivity index (χ4n) is 4.48. The second kappa shape index (κ2) is 28.7. The van der Waals surface area contributed by atoms with Crippen LogP contribution in [-0.4, -0.2) is 73.4 Å². The molecular weight excluding hydrogens is 587 g/mol. The Kier molecular flexibility index (Phi) is 27.7. The van der Waals surface area contributed by atoms with Gasteiger partial charge in [-0.1, -0.05) is 100 Å². The number of hydrogen-bond donors (Lipinski definition) is 3. The van der Waals surface area contributed by atoms with E-state index in [4.69, 9.17) is 9.05 Å². The van der Waals surface area contributed by atoms with Gasteiger partial charge in [0.1, 0.15) is 13.2 Å². The molecule has 262 valence electrons. The van der Waals surface area contributed by atoms with E-state index in [0.717, 1.165) is 57.8 Å². The first-order valence-electron chi connectivity index (χ1n) is 17.5. The van der Waals surface area contributed by atoms with Crippen LogP contribution in [0.3, 0.4) is 0 Å². The third kappa shape index (κ3) is 30.9. The number of likely N-dealkylation sites (N-methyl/N-ethyl adjacent to an activating group) is 1. The van der Waals surface area contributed by atoms with Crippen LogP contribution in [0.2, 0.25) is 0 Å². The number of allylic oxidation sites excluding steroid dienone is 7. The molecule has 0 spiro atoms. The molecule has 0 aromatic rings. The van der Waals surface area contributed by atoms with E-state index < -0.39 is 20.0 Å². The third-order valence-electron chi connectivity index (χ3n) is 7.34. The highest BCUT2D eigenvalue weighted by Gasteiger charge is 2.27. The van der Waals surface area contributed by atoms with Crippen molar-refractivity contribution >= 4 is 13.7 Å². The number of carbonyl (C=O) groups excluding carboxylic acids is 1. The van der Waals surface area contributed by atoms with Crippen LogP contribution >= 0.6 is 7.82 Å². The molecule has 0 rings (SSSR count). The van der Waals surface area contributed by atoms with Crippen molar-refractivity contribution in [1.29, 1.82) is 0 Å². The van der Waals surface area contributed by atoms with E-state index >= 15 is 0 Å². The molecule has 8 nitrogen and oxygen atoms in total. The summed E-state index contributed by atoms with van der Waals surface area (Å²) in [4.78, 5) is 22.9. The summed E-state index contributed by atoms with van der Waals surface area (Å²) in [5.41, 5.74) is 0. The van der Waals surface area contributed by atoms with Crippen molar-refractivity contribution < 1.29 is 32.9 Å². The van der Waals surface area contributed by atoms with Crippen LogP contribution in [0.25, 0.3) is 0 Å². The van der Waals surface area contributed by atoms with Crippen molar-refractivity contribution in [3.8, 4) is 0 Å². The molecule has 0 aliphatic heterocycles. The Morgan fingerprint density at radius 1 is 0.778 bits per heavy atom. The molecule has 3 atom stereocenters. The molecule has 3 unspecified atom stereocenters. The molecule has 0 saturated carbocycles. The molecule has 3 N–H and O–H groups in total. The van der Waals surface area contributed by atoms with Crippen molar-refractivity contribution in [3.05, 3.63) is 48.6 Å². The maximum atomic E-state index is 12.7. The van der Waals surface area contributed by atoms with Crippen LogP contribution in [0.15, 0.2) is 48.6 Å². The van der Waals surface area contributed by atoms with Gasteiger partial charge < -0.3 is 19.8 Å². The first-order chi connectivity index (χ1) is 21.5. The Labute approximate surface area is 276 Å². The summed E-state index contributed by atoms with van der Waals surface area (Å²) in [6.07, 6.45) is 33.4. The minimum absolute atomic E-state index is 0.0500. The molecule has 0 aromatic carbocycles. The summed E-state index contributed by atoms with van der Waals surface area (Å²) in [5, 5.41) is 13.6. The highest BCUT2D eigenvalue weighted by molar-refractivity contribution is 7.47. The Morgan fingerprint density at radius 2 is 1.31 bits per heavy atom. The molecule has 0 fully saturated rings. The zero-order valence-corrected chi connectivity index (χ0v) is 30.2. The van der Waals surface area contributed by atoms with E-state index in [1.807, 2.05) is 40.2 Å². The lowest BCUT2D eigenvalue weighted by Crippen LogP contribution is -2.45. The Balaban J connectivity index is 4.61. The topological polar surface area (TPSA) is 105 Å². The lowest BCUT2D eigenvalue weighted by atomic mass is 10.1. The SMILES string of the molecule is C/C=C/CC/C=C/CC/C=C/C(O)C(COP(=O)(O)OCC[N+](C)(C)C)NC(=O)CCCCCCC/C=C\CCCCCCC. The van der Waals surface area contributed by atoms with E-state index in [1.165, 1.54) is 44.9 Å². The summed E-state index contributed by atoms with van der Waals surface area (Å²) in [7, 11) is 1.53. The minimum Gasteiger partial charge on any atom is -0.387 e. The zero-order chi connectivity index (χ0) is 33.7. The number of nitrogens with zero attached hydrogens (tertiary/aromatic N) is 1. The van der Waals surface area contributed by atoms with Crippen molar-refractivity contribution in [3.63, 3.8) is 0 Å². The highest BCUT2D eigenvalue weighted by Crippen LogP contribution is 2.43. The zero-order valence-electron chi connectivity index (χ0n) is 29.3. The smallest absolute Gasteiger partial charge is 0.387 e. The number of quaternary nitrogens is 1. The quantitative estimate of drug-likeness (QED) is 0.0310. The van der Waals surface area contributed by atoms with Crippen molar-refractivity contribution in [2.45, 2.75) is 135 Å². The average molecular weight is 656 g/mol. The second-order valence-electron chi connectivity index (χ2n) is 12.9. The van der Waals surface area contributed by atoms with Crippen molar-refractivity contribution in [2.75, 3.05) is 40.9 Å². The van der Waals surface area contributed by atoms with E-state index in [2.05, 4.69) is 42.6 Å². The molecular formula is C36H68N2O6P+. The summed E-state index contributed by atoms with van der Waals surface area (Å²) in [5.74, 6) is -0.208. The standard InChI is InChI=1S/C36H67N2O6P/c1-6-8-10-12-14-16-17-18-19-20-22-24-26-28-30-36(40)37-34(33-44-45(41,42)43-32-31-38(3,4)5)35(39)29-27-25-23-21-15-13-11-9-7-2/h7,9,15,17-18,21,27,29,34-35,39H,6,8,10-14,16,19-20,22-26,28,30-33H2,1-5H3,(H-,37,40,41,42)/p+1/b9-7+,18-17-,21-15+,29-27+. The van der Waals surface area contributed by atoms with E-state index in [9.17, 15) is 19.4 Å². The van der Waals surface area contributed by atoms with Gasteiger partial charge in [-0.3, -0.25) is 13.8 Å². The number of phosphoric acid groups is 1. The highest BCUT2D eigenvalue weighted by atomic mass is 31.2. The maximum Gasteiger partial charge on any atom is 0.472 e. The van der Waals surface area contributed by atoms with Gasteiger partial charge >= 0.3 is 7.82 Å². The fraction of sp³-hybridized carbons (Fsp3) is 0.750. The number of nitrogens with one attached hydrogen (secondary N) is 1. The lowest BCUT2D eigenvalue weighted by Gasteiger charge is -2.25. The largest absolute Gasteiger partial charge is 0.472 e. The van der Waals surface area contributed by atoms with Crippen molar-refractivity contribution in [2.24, 2.45) is 0 Å². The summed E-state index contributed by atoms with van der Waals surface area (Å²) >= 11 is 0. The predicted octanol–water partition coefficient (Wildman–Crippen LogP) is 8.57. The fourth-order valence-corrected chi connectivity index (χ4v) is 5.22. The molecule has 1 amide bonds. The van der Waals surface area contributed by atoms with Crippen molar-refractivity contribution in [1.82, 2.24) is 5.32 Å². The second-order valence-corrected chi connectivity index (χ2v) is 14.3. The van der Waals surface area contributed by atoms with Gasteiger partial charge in [0.05, 0.1) is 39.9 Å². The number of aliphatic hydroxyl groups excluding tert-OH is 1. The van der Waals surface area contributed by atoms with Crippen LogP contribution in [0.1, 0.15) is 123 Å². The van der Waals surface area contributed by atoms with Gasteiger partial charge in [0.25, 0.3) is 0 Å². The molecule has 0 aromatic heterocycles. The Hall–Kier alpha value is -1.54. The lowest BCUT2D eigenvalue weighted by molar-refractivity contribution is -0.870. The number of aliphatic hydroxyl groups is 1. The van der Waals surface area contributed by atoms with E-state index in [0.29, 0.717) is 17.4 Å². The van der Waals surface area contributed by atoms with Gasteiger partial charge in [0.15, 0.2) is 0 Å². The average Bonchev–Trinajstić information content (AvgIpc) is 2.97. The molecule has 0 aliphatic rings. The normalized spacial score (nSPS) is 15.4. The molecule has 0 radical (unpaired) electrons. The van der Waals surface area contributed by atoms with E-state index in [1.54, 1.807) is 6.08 Å². The molecule has 0 bridgehead atoms. The first kappa shape index (κ1) is 43.5. The van der Waals surface area contributed by atoms with Gasteiger partial charge in [-0.2, -0.15) is 0 Å². The van der Waals surface area contributed by atoms with E-state index in [-0.39, 0.29) is 19.1 Å². The Morgan fingerprint density at radius 3 is 1.91 bits per heavy atom. The van der Waals surface area contributed by atoms with Gasteiger partial charge in [0.2, 0.25) is 5.91 Å². The number of carbonyl (C=O) groups is 1. The van der Waals surface area contributed by atoms with Gasteiger partial charge in [-0.05, 0) is 64.7 Å². The summed E-state index contributed by atoms with van der Waals surface area (Å²) in [6.45, 7) is 4.49. The number of rotatable bonds is 30. The number of hydrogen-bond acceptors (Lipinski definition) is 5. The van der Waals surface area contributed by atoms with Gasteiger partial charge in [-0.15, -0.1) is 0 Å². The van der Waals surface area contributed by atoms with Gasteiger partial charge in [-0.25, -0.2) is 4.57 Å². The molecule has 0 aliphatic carbocycles. The molecule has 0 heterocycles. The molecule has 9 heteroatoms. The predicted molar refractivity (Wildman–Crippen MR) is 189 cm³/mol. The van der Waals surface area contributed by atoms with Crippen LogP contribution in [0.4, 0.5) is 0 Å². The number of phosphoric ester groups is 1. The molecule has 45 heavy (non-hydrogen) atoms. The first-order valence-corrected chi connectivity index (χ1v) is 19.0. The van der Waals surface area contributed by atoms with Crippen LogP contribution < -0.4 is 5.32 Å². The number of unbranched alkanes of at least 4 members (excludes halogenated alkanes) is 12. The van der Waals surface area contributed by atoms with Gasteiger partial charge in [0, 0.05) is 6.42 Å². The third-order valence-corrected chi connectivity index (χ3v) is 8.33. The minimum atomic E-state index is -4.34. The Bertz CT molecular complexity index is 881. The maximum absolute atomic E-state index is 12.7. The summed E-state index contributed by atoms with van der Waals surface area (Å²) in [6, 6.07) is -0.869. The van der Waals surface area contributed by atoms with Crippen LogP contribution in [0.5, 0.6) is 0 Å².